The molecule has 0 bridgehead atoms. The number of ether oxygens (including phenoxy) is 2. The van der Waals surface area contributed by atoms with E-state index < -0.39 is 17.1 Å². The monoisotopic (exact) mass is 493 g/mol. The lowest BCUT2D eigenvalue weighted by atomic mass is 10.1. The SMILES string of the molecule is O=C(NCCN1C(=O)S/C(=C/c2ccc3c(c2)OCO3)C1=O)c1cccc(N2C(=O)CCC2=O)c1. The van der Waals surface area contributed by atoms with Crippen LogP contribution in [0, 0.1) is 0 Å². The van der Waals surface area contributed by atoms with E-state index in [0.717, 1.165) is 21.6 Å². The van der Waals surface area contributed by atoms with Crippen molar-refractivity contribution >= 4 is 52.4 Å². The Hall–Kier alpha value is -4.12. The van der Waals surface area contributed by atoms with Crippen molar-refractivity contribution in [1.29, 1.82) is 0 Å². The molecule has 2 aromatic rings. The molecule has 5 rings (SSSR count). The van der Waals surface area contributed by atoms with Crippen molar-refractivity contribution in [3.05, 3.63) is 58.5 Å². The van der Waals surface area contributed by atoms with Gasteiger partial charge in [-0.3, -0.25) is 33.8 Å². The first-order valence-corrected chi connectivity index (χ1v) is 11.6. The zero-order chi connectivity index (χ0) is 24.5. The van der Waals surface area contributed by atoms with E-state index >= 15 is 0 Å². The molecule has 0 unspecified atom stereocenters. The average molecular weight is 493 g/mol. The number of nitrogens with one attached hydrogen (secondary N) is 1. The zero-order valence-corrected chi connectivity index (χ0v) is 19.1. The van der Waals surface area contributed by atoms with Crippen LogP contribution in [-0.4, -0.2) is 53.7 Å². The lowest BCUT2D eigenvalue weighted by molar-refractivity contribution is -0.123. The normalized spacial score (nSPS) is 18.2. The second-order valence-corrected chi connectivity index (χ2v) is 8.87. The summed E-state index contributed by atoms with van der Waals surface area (Å²) in [6.07, 6.45) is 1.91. The number of nitrogens with zero attached hydrogens (tertiary/aromatic N) is 2. The Bertz CT molecular complexity index is 1290. The summed E-state index contributed by atoms with van der Waals surface area (Å²) in [5.41, 5.74) is 1.29. The van der Waals surface area contributed by atoms with E-state index in [4.69, 9.17) is 9.47 Å². The minimum absolute atomic E-state index is 0.00231. The van der Waals surface area contributed by atoms with Gasteiger partial charge in [-0.2, -0.15) is 0 Å². The van der Waals surface area contributed by atoms with Gasteiger partial charge in [0, 0.05) is 31.5 Å². The molecule has 0 atom stereocenters. The molecule has 10 nitrogen and oxygen atoms in total. The molecule has 0 saturated carbocycles. The quantitative estimate of drug-likeness (QED) is 0.481. The van der Waals surface area contributed by atoms with Gasteiger partial charge in [0.25, 0.3) is 17.1 Å². The molecule has 0 aromatic heterocycles. The van der Waals surface area contributed by atoms with Gasteiger partial charge in [-0.1, -0.05) is 12.1 Å². The third-order valence-corrected chi connectivity index (χ3v) is 6.51. The Labute approximate surface area is 203 Å². The summed E-state index contributed by atoms with van der Waals surface area (Å²) < 4.78 is 10.6. The molecule has 1 N–H and O–H groups in total. The van der Waals surface area contributed by atoms with Crippen LogP contribution in [0.3, 0.4) is 0 Å². The van der Waals surface area contributed by atoms with E-state index in [-0.39, 0.29) is 55.0 Å². The van der Waals surface area contributed by atoms with E-state index in [0.29, 0.717) is 22.7 Å². The Morgan fingerprint density at radius 3 is 2.57 bits per heavy atom. The standard InChI is InChI=1S/C24H19N3O7S/c28-20-6-7-21(29)27(20)16-3-1-2-15(12-16)22(30)25-8-9-26-23(31)19(35-24(26)32)11-14-4-5-17-18(10-14)34-13-33-17/h1-5,10-12H,6-9,13H2,(H,25,30)/b19-11+. The van der Waals surface area contributed by atoms with Crippen LogP contribution < -0.4 is 19.7 Å². The third-order valence-electron chi connectivity index (χ3n) is 5.61. The van der Waals surface area contributed by atoms with Crippen molar-refractivity contribution in [2.45, 2.75) is 12.8 Å². The summed E-state index contributed by atoms with van der Waals surface area (Å²) in [6, 6.07) is 11.4. The Morgan fingerprint density at radius 1 is 1.00 bits per heavy atom. The fraction of sp³-hybridized carbons (Fsp3) is 0.208. The minimum atomic E-state index is -0.450. The van der Waals surface area contributed by atoms with Crippen molar-refractivity contribution in [2.75, 3.05) is 24.8 Å². The lowest BCUT2D eigenvalue weighted by Gasteiger charge is -2.15. The maximum Gasteiger partial charge on any atom is 0.293 e. The number of carbonyl (C=O) groups excluding carboxylic acids is 5. The Kier molecular flexibility index (Phi) is 6.00. The number of carbonyl (C=O) groups is 5. The highest BCUT2D eigenvalue weighted by atomic mass is 32.2. The first kappa shape index (κ1) is 22.7. The summed E-state index contributed by atoms with van der Waals surface area (Å²) in [7, 11) is 0. The van der Waals surface area contributed by atoms with Gasteiger partial charge in [0.1, 0.15) is 0 Å². The molecular weight excluding hydrogens is 474 g/mol. The molecule has 2 saturated heterocycles. The van der Waals surface area contributed by atoms with Gasteiger partial charge in [0.05, 0.1) is 10.6 Å². The summed E-state index contributed by atoms with van der Waals surface area (Å²) in [4.78, 5) is 64.0. The van der Waals surface area contributed by atoms with Crippen LogP contribution in [-0.2, 0) is 14.4 Å². The third kappa shape index (κ3) is 4.50. The number of fused-ring (bicyclic) bond motifs is 1. The number of benzene rings is 2. The molecule has 11 heteroatoms. The van der Waals surface area contributed by atoms with Crippen molar-refractivity contribution in [2.24, 2.45) is 0 Å². The minimum Gasteiger partial charge on any atom is -0.454 e. The fourth-order valence-corrected chi connectivity index (χ4v) is 4.75. The van der Waals surface area contributed by atoms with Crippen LogP contribution in [0.1, 0.15) is 28.8 Å². The molecule has 2 fully saturated rings. The predicted molar refractivity (Wildman–Crippen MR) is 126 cm³/mol. The number of thioether (sulfide) groups is 1. The van der Waals surface area contributed by atoms with Crippen LogP contribution >= 0.6 is 11.8 Å². The molecule has 2 aromatic carbocycles. The zero-order valence-electron chi connectivity index (χ0n) is 18.3. The summed E-state index contributed by atoms with van der Waals surface area (Å²) in [5.74, 6) is -0.311. The molecule has 3 heterocycles. The molecule has 0 aliphatic carbocycles. The topological polar surface area (TPSA) is 122 Å². The molecule has 3 aliphatic rings. The average Bonchev–Trinajstić information content (AvgIpc) is 3.52. The van der Waals surface area contributed by atoms with Crippen molar-refractivity contribution < 1.29 is 33.4 Å². The molecule has 0 spiro atoms. The van der Waals surface area contributed by atoms with Crippen LogP contribution in [0.5, 0.6) is 11.5 Å². The number of rotatable bonds is 6. The highest BCUT2D eigenvalue weighted by molar-refractivity contribution is 8.18. The molecule has 0 radical (unpaired) electrons. The second-order valence-electron chi connectivity index (χ2n) is 7.88. The summed E-state index contributed by atoms with van der Waals surface area (Å²) in [6.45, 7) is 0.178. The van der Waals surface area contributed by atoms with E-state index in [1.807, 2.05) is 0 Å². The second kappa shape index (κ2) is 9.26. The Balaban J connectivity index is 1.20. The van der Waals surface area contributed by atoms with Crippen LogP contribution in [0.25, 0.3) is 6.08 Å². The highest BCUT2D eigenvalue weighted by Crippen LogP contribution is 2.36. The van der Waals surface area contributed by atoms with Crippen molar-refractivity contribution in [3.63, 3.8) is 0 Å². The van der Waals surface area contributed by atoms with E-state index in [9.17, 15) is 24.0 Å². The van der Waals surface area contributed by atoms with E-state index in [1.54, 1.807) is 42.5 Å². The van der Waals surface area contributed by atoms with Gasteiger partial charge in [0.15, 0.2) is 11.5 Å². The smallest absolute Gasteiger partial charge is 0.293 e. The maximum absolute atomic E-state index is 12.7. The lowest BCUT2D eigenvalue weighted by Crippen LogP contribution is -2.37. The van der Waals surface area contributed by atoms with Crippen LogP contribution in [0.2, 0.25) is 0 Å². The summed E-state index contributed by atoms with van der Waals surface area (Å²) >= 11 is 0.826. The number of hydrogen-bond donors (Lipinski definition) is 1. The highest BCUT2D eigenvalue weighted by Gasteiger charge is 2.35. The van der Waals surface area contributed by atoms with Gasteiger partial charge in [-0.05, 0) is 53.7 Å². The van der Waals surface area contributed by atoms with E-state index in [1.165, 1.54) is 6.07 Å². The fourth-order valence-electron chi connectivity index (χ4n) is 3.88. The molecule has 3 aliphatic heterocycles. The first-order valence-electron chi connectivity index (χ1n) is 10.8. The van der Waals surface area contributed by atoms with Gasteiger partial charge < -0.3 is 14.8 Å². The molecule has 178 valence electrons. The van der Waals surface area contributed by atoms with Gasteiger partial charge in [-0.25, -0.2) is 0 Å². The van der Waals surface area contributed by atoms with Crippen molar-refractivity contribution in [1.82, 2.24) is 10.2 Å². The van der Waals surface area contributed by atoms with E-state index in [2.05, 4.69) is 5.32 Å². The number of amides is 5. The van der Waals surface area contributed by atoms with Crippen LogP contribution in [0.15, 0.2) is 47.4 Å². The number of hydrogen-bond acceptors (Lipinski definition) is 8. The first-order chi connectivity index (χ1) is 16.9. The summed E-state index contributed by atoms with van der Waals surface area (Å²) in [5, 5.41) is 2.24. The largest absolute Gasteiger partial charge is 0.454 e. The predicted octanol–water partition coefficient (Wildman–Crippen LogP) is 2.54. The molecular formula is C24H19N3O7S. The molecule has 35 heavy (non-hydrogen) atoms. The van der Waals surface area contributed by atoms with Gasteiger partial charge in [-0.15, -0.1) is 0 Å². The Morgan fingerprint density at radius 2 is 1.77 bits per heavy atom. The van der Waals surface area contributed by atoms with Crippen LogP contribution in [0.4, 0.5) is 10.5 Å². The van der Waals surface area contributed by atoms with Crippen molar-refractivity contribution in [3.8, 4) is 11.5 Å². The number of imide groups is 2. The van der Waals surface area contributed by atoms with Gasteiger partial charge in [0.2, 0.25) is 18.6 Å². The molecule has 5 amide bonds. The number of anilines is 1. The van der Waals surface area contributed by atoms with Gasteiger partial charge >= 0.3 is 0 Å². The maximum atomic E-state index is 12.7.